The van der Waals surface area contributed by atoms with Gasteiger partial charge in [0.15, 0.2) is 0 Å². The molecule has 1 aliphatic carbocycles. The van der Waals surface area contributed by atoms with E-state index in [0.29, 0.717) is 5.37 Å². The molecular weight excluding hydrogens is 278 g/mol. The molecule has 4 rings (SSSR count). The monoisotopic (exact) mass is 299 g/mol. The lowest BCUT2D eigenvalue weighted by atomic mass is 9.73. The molecule has 2 atom stereocenters. The molecule has 0 saturated carbocycles. The van der Waals surface area contributed by atoms with Crippen LogP contribution < -0.4 is 0 Å². The van der Waals surface area contributed by atoms with Gasteiger partial charge in [-0.15, -0.1) is 11.8 Å². The van der Waals surface area contributed by atoms with Crippen LogP contribution in [0.2, 0.25) is 0 Å². The van der Waals surface area contributed by atoms with E-state index in [1.165, 1.54) is 11.3 Å². The maximum Gasteiger partial charge on any atom is 0.0777 e. The van der Waals surface area contributed by atoms with Gasteiger partial charge in [0.1, 0.15) is 0 Å². The summed E-state index contributed by atoms with van der Waals surface area (Å²) in [6, 6.07) is 0. The van der Waals surface area contributed by atoms with Crippen molar-refractivity contribution in [2.24, 2.45) is 10.4 Å². The quantitative estimate of drug-likeness (QED) is 0.740. The van der Waals surface area contributed by atoms with Crippen LogP contribution in [0.5, 0.6) is 0 Å². The summed E-state index contributed by atoms with van der Waals surface area (Å²) in [5.74, 6) is 1.11. The fourth-order valence-electron chi connectivity index (χ4n) is 3.70. The van der Waals surface area contributed by atoms with Gasteiger partial charge < -0.3 is 4.90 Å². The first kappa shape index (κ1) is 13.6. The molecule has 4 aliphatic rings. The third-order valence-corrected chi connectivity index (χ3v) is 6.40. The standard InChI is InChI=1S/C17H21N3S/c1-19-9-11-20(12-10-19)16-17-7-3-2-6-15(17)18-8-4-5-14(17)13-21-16/h2-8,16H,9-13H2,1H3. The van der Waals surface area contributed by atoms with Crippen molar-refractivity contribution in [3.63, 3.8) is 0 Å². The number of thioether (sulfide) groups is 1. The van der Waals surface area contributed by atoms with E-state index in [0.717, 1.165) is 31.9 Å². The summed E-state index contributed by atoms with van der Waals surface area (Å²) in [7, 11) is 2.22. The van der Waals surface area contributed by atoms with Crippen LogP contribution in [-0.2, 0) is 0 Å². The van der Waals surface area contributed by atoms with Crippen LogP contribution in [-0.4, -0.2) is 59.9 Å². The van der Waals surface area contributed by atoms with E-state index in [9.17, 15) is 0 Å². The molecule has 0 aromatic carbocycles. The first-order valence-electron chi connectivity index (χ1n) is 7.65. The van der Waals surface area contributed by atoms with E-state index >= 15 is 0 Å². The molecule has 21 heavy (non-hydrogen) atoms. The summed E-state index contributed by atoms with van der Waals surface area (Å²) in [4.78, 5) is 9.82. The second-order valence-corrected chi connectivity index (χ2v) is 7.21. The van der Waals surface area contributed by atoms with E-state index in [1.54, 1.807) is 0 Å². The maximum atomic E-state index is 4.73. The van der Waals surface area contributed by atoms with Crippen molar-refractivity contribution in [1.29, 1.82) is 0 Å². The Morgan fingerprint density at radius 3 is 2.90 bits per heavy atom. The average molecular weight is 299 g/mol. The Morgan fingerprint density at radius 2 is 2.05 bits per heavy atom. The predicted molar refractivity (Wildman–Crippen MR) is 90.7 cm³/mol. The van der Waals surface area contributed by atoms with Gasteiger partial charge in [0.25, 0.3) is 0 Å². The Balaban J connectivity index is 1.73. The highest BCUT2D eigenvalue weighted by molar-refractivity contribution is 8.00. The minimum absolute atomic E-state index is 0.0151. The molecule has 0 amide bonds. The number of allylic oxidation sites excluding steroid dienone is 5. The molecule has 2 unspecified atom stereocenters. The van der Waals surface area contributed by atoms with Crippen LogP contribution in [0.3, 0.4) is 0 Å². The van der Waals surface area contributed by atoms with Crippen LogP contribution in [0, 0.1) is 5.41 Å². The van der Waals surface area contributed by atoms with Crippen molar-refractivity contribution >= 4 is 17.5 Å². The highest BCUT2D eigenvalue weighted by atomic mass is 32.2. The van der Waals surface area contributed by atoms with Gasteiger partial charge in [0.05, 0.1) is 16.5 Å². The second kappa shape index (κ2) is 5.27. The van der Waals surface area contributed by atoms with Crippen molar-refractivity contribution in [3.05, 3.63) is 48.2 Å². The maximum absolute atomic E-state index is 4.73. The van der Waals surface area contributed by atoms with Gasteiger partial charge in [-0.05, 0) is 24.8 Å². The molecule has 0 radical (unpaired) electrons. The normalized spacial score (nSPS) is 36.0. The summed E-state index contributed by atoms with van der Waals surface area (Å²) in [5, 5.41) is 0.484. The third-order valence-electron chi connectivity index (χ3n) is 4.93. The molecular formula is C17H21N3S. The molecule has 1 spiro atoms. The zero-order chi connectivity index (χ0) is 14.3. The first-order valence-corrected chi connectivity index (χ1v) is 8.70. The molecule has 0 N–H and O–H groups in total. The van der Waals surface area contributed by atoms with Gasteiger partial charge in [0, 0.05) is 38.1 Å². The van der Waals surface area contributed by atoms with Gasteiger partial charge in [-0.2, -0.15) is 0 Å². The molecule has 2 saturated heterocycles. The van der Waals surface area contributed by atoms with Crippen molar-refractivity contribution in [2.45, 2.75) is 5.37 Å². The number of hydrogen-bond acceptors (Lipinski definition) is 4. The summed E-state index contributed by atoms with van der Waals surface area (Å²) in [5.41, 5.74) is 2.70. The Hall–Kier alpha value is -1.10. The van der Waals surface area contributed by atoms with E-state index < -0.39 is 0 Å². The highest BCUT2D eigenvalue weighted by Gasteiger charge is 2.51. The van der Waals surface area contributed by atoms with E-state index in [1.807, 2.05) is 6.20 Å². The van der Waals surface area contributed by atoms with Crippen LogP contribution in [0.15, 0.2) is 53.2 Å². The Bertz CT molecular complexity index is 579. The van der Waals surface area contributed by atoms with Crippen molar-refractivity contribution in [3.8, 4) is 0 Å². The Kier molecular flexibility index (Phi) is 3.40. The topological polar surface area (TPSA) is 18.8 Å². The summed E-state index contributed by atoms with van der Waals surface area (Å²) in [6.07, 6.45) is 15.2. The number of likely N-dealkylation sites (N-methyl/N-ethyl adjacent to an activating group) is 1. The Morgan fingerprint density at radius 1 is 1.19 bits per heavy atom. The van der Waals surface area contributed by atoms with Crippen molar-refractivity contribution in [1.82, 2.24) is 9.80 Å². The van der Waals surface area contributed by atoms with Gasteiger partial charge in [-0.1, -0.05) is 24.3 Å². The predicted octanol–water partition coefficient (Wildman–Crippen LogP) is 2.31. The number of aliphatic imine (C=N–C) groups is 1. The summed E-state index contributed by atoms with van der Waals surface area (Å²) < 4.78 is 0. The fraction of sp³-hybridized carbons (Fsp3) is 0.471. The lowest BCUT2D eigenvalue weighted by Crippen LogP contribution is -2.54. The molecule has 3 heterocycles. The molecule has 3 aliphatic heterocycles. The first-order chi connectivity index (χ1) is 10.3. The lowest BCUT2D eigenvalue weighted by molar-refractivity contribution is 0.128. The van der Waals surface area contributed by atoms with Gasteiger partial charge in [0.2, 0.25) is 0 Å². The molecule has 4 heteroatoms. The van der Waals surface area contributed by atoms with Gasteiger partial charge in [-0.3, -0.25) is 9.89 Å². The lowest BCUT2D eigenvalue weighted by Gasteiger charge is -2.43. The largest absolute Gasteiger partial charge is 0.304 e. The number of rotatable bonds is 1. The van der Waals surface area contributed by atoms with Gasteiger partial charge in [-0.25, -0.2) is 0 Å². The van der Waals surface area contributed by atoms with Crippen molar-refractivity contribution in [2.75, 3.05) is 39.0 Å². The summed E-state index contributed by atoms with van der Waals surface area (Å²) >= 11 is 2.08. The zero-order valence-corrected chi connectivity index (χ0v) is 13.2. The van der Waals surface area contributed by atoms with Crippen LogP contribution >= 0.6 is 11.8 Å². The SMILES string of the molecule is CN1CCN(C2SCC3=CC=CN=C4C=CC=CC342)CC1. The molecule has 0 bridgehead atoms. The minimum Gasteiger partial charge on any atom is -0.304 e. The zero-order valence-electron chi connectivity index (χ0n) is 12.4. The number of nitrogens with zero attached hydrogens (tertiary/aromatic N) is 3. The number of hydrogen-bond donors (Lipinski definition) is 0. The third kappa shape index (κ3) is 2.08. The van der Waals surface area contributed by atoms with Gasteiger partial charge >= 0.3 is 0 Å². The van der Waals surface area contributed by atoms with Crippen LogP contribution in [0.4, 0.5) is 0 Å². The van der Waals surface area contributed by atoms with Crippen LogP contribution in [0.25, 0.3) is 0 Å². The highest BCUT2D eigenvalue weighted by Crippen LogP contribution is 2.52. The van der Waals surface area contributed by atoms with E-state index in [4.69, 9.17) is 4.99 Å². The fourth-order valence-corrected chi connectivity index (χ4v) is 5.41. The average Bonchev–Trinajstić information content (AvgIpc) is 2.75. The van der Waals surface area contributed by atoms with Crippen molar-refractivity contribution < 1.29 is 0 Å². The smallest absolute Gasteiger partial charge is 0.0777 e. The summed E-state index contributed by atoms with van der Waals surface area (Å²) in [6.45, 7) is 4.63. The second-order valence-electron chi connectivity index (χ2n) is 6.14. The molecule has 3 nitrogen and oxygen atoms in total. The number of piperazine rings is 1. The van der Waals surface area contributed by atoms with Crippen LogP contribution in [0.1, 0.15) is 0 Å². The molecule has 0 aromatic rings. The molecule has 110 valence electrons. The van der Waals surface area contributed by atoms with E-state index in [2.05, 4.69) is 65.1 Å². The van der Waals surface area contributed by atoms with E-state index in [-0.39, 0.29) is 5.41 Å². The molecule has 2 fully saturated rings. The minimum atomic E-state index is -0.0151. The Labute approximate surface area is 130 Å². The molecule has 0 aromatic heterocycles.